The van der Waals surface area contributed by atoms with Gasteiger partial charge >= 0.3 is 18.2 Å². The van der Waals surface area contributed by atoms with Gasteiger partial charge in [0.2, 0.25) is 0 Å². The number of aliphatic carboxylic acids is 1. The second-order valence-electron chi connectivity index (χ2n) is 22.1. The third-order valence-corrected chi connectivity index (χ3v) is 15.7. The number of aromatic nitrogens is 3. The summed E-state index contributed by atoms with van der Waals surface area (Å²) >= 11 is 39.7. The number of halogens is 7. The van der Waals surface area contributed by atoms with E-state index in [4.69, 9.17) is 31.9 Å². The predicted molar refractivity (Wildman–Crippen MR) is 403 cm³/mol. The normalized spacial score (nSPS) is 17.4. The summed E-state index contributed by atoms with van der Waals surface area (Å²) in [5, 5.41) is 12.5. The number of nitrogens with two attached hydrogens (primary N) is 1. The zero-order chi connectivity index (χ0) is 69.5. The summed E-state index contributed by atoms with van der Waals surface area (Å²) < 4.78 is 52.1. The highest BCUT2D eigenvalue weighted by Gasteiger charge is 2.43. The van der Waals surface area contributed by atoms with Crippen LogP contribution in [-0.2, 0) is 130 Å². The maximum atomic E-state index is 13.8. The van der Waals surface area contributed by atoms with Gasteiger partial charge in [0.05, 0.1) is 38.0 Å². The van der Waals surface area contributed by atoms with Crippen molar-refractivity contribution < 1.29 is 51.7 Å². The maximum Gasteiger partial charge on any atom is 0.411 e. The Kier molecular flexibility index (Phi) is 56.9. The lowest BCUT2D eigenvalue weighted by Crippen LogP contribution is -2.44. The van der Waals surface area contributed by atoms with Gasteiger partial charge in [0.25, 0.3) is 0 Å². The molecule has 6 heterocycles. The number of anilines is 1. The van der Waals surface area contributed by atoms with Crippen molar-refractivity contribution in [2.75, 3.05) is 46.0 Å². The van der Waals surface area contributed by atoms with E-state index in [1.54, 1.807) is 77.9 Å². The van der Waals surface area contributed by atoms with Crippen LogP contribution < -0.4 is 11.1 Å². The number of hydrogen-bond acceptors (Lipinski definition) is 20. The van der Waals surface area contributed by atoms with Crippen molar-refractivity contribution >= 4 is 202 Å². The smallest absolute Gasteiger partial charge is 0.411 e. The van der Waals surface area contributed by atoms with E-state index in [2.05, 4.69) is 175 Å². The first kappa shape index (κ1) is 97.6. The molecule has 3 aromatic heterocycles. The van der Waals surface area contributed by atoms with Gasteiger partial charge in [-0.15, -0.1) is 0 Å². The van der Waals surface area contributed by atoms with Crippen LogP contribution in [0.2, 0.25) is 0 Å². The van der Waals surface area contributed by atoms with Crippen LogP contribution >= 0.6 is 72.9 Å². The molecule has 3 fully saturated rings. The van der Waals surface area contributed by atoms with Gasteiger partial charge in [0.1, 0.15) is 60.5 Å². The number of carbonyl (C=O) groups is 5. The first-order valence-corrected chi connectivity index (χ1v) is 38.0. The van der Waals surface area contributed by atoms with Gasteiger partial charge in [0.15, 0.2) is 11.6 Å². The molecule has 3 aliphatic rings. The Labute approximate surface area is 613 Å². The molecule has 3 saturated heterocycles. The van der Waals surface area contributed by atoms with Crippen LogP contribution in [0.1, 0.15) is 128 Å². The lowest BCUT2D eigenvalue weighted by Gasteiger charge is -2.28. The van der Waals surface area contributed by atoms with Crippen LogP contribution in [0.15, 0.2) is 79.1 Å². The fraction of sp³-hybridized carbons (Fsp3) is 0.614. The van der Waals surface area contributed by atoms with E-state index in [1.165, 1.54) is 22.7 Å². The number of nitrogens with one attached hydrogen (secondary N) is 1. The van der Waals surface area contributed by atoms with Gasteiger partial charge in [-0.1, -0.05) is 44.2 Å². The van der Waals surface area contributed by atoms with Crippen molar-refractivity contribution in [2.24, 2.45) is 0 Å². The predicted octanol–water partition coefficient (Wildman–Crippen LogP) is 12.7. The molecular formula is C57H90Br3ClF3N9O8S10. The molecule has 6 atom stereocenters. The van der Waals surface area contributed by atoms with Crippen LogP contribution in [0, 0.1) is 0 Å². The van der Waals surface area contributed by atoms with E-state index in [0.29, 0.717) is 38.5 Å². The number of rotatable bonds is 11. The third-order valence-electron chi connectivity index (χ3n) is 11.4. The standard InChI is InChI=1S/C16H20BrFN2O3.C11H12BrFN2O.C10H16FNO4.C8H19N.C6H12ClN.C5H5BrN2.CH4.S4.S3.S2.H2S/c1-16(2,3)23-15(22)20-9-10(18)7-12(20)13(21)8-11-5-4-6-14(17)19-11;12-11-3-1-2-8(15-11)5-10(16)9-4-7(13)6-14-9;1-10(2,3)16-9(15)12-5-6(11)4-7(12)8(13)14;1-6-9(7(2)3)8(4)5;1-5(2)6(7)8(3)4;6-4-2-1-3-5(7)8-4;;1-3-4-2;1-3-2;1-2;/h4-6,10,12H,7-9H2,1-3H3;1-3,7,9,14H,4-6H2;6-7H,4-5H2,1-3H3,(H,13,14);7-8H,6H2,1-5H3;1-4H3;1-3H,(H2,7,8);1H4;;;;1H2/t10-,12+;7-,9+;6-,7+;;;;;;;;/m111......../s1. The molecule has 0 unspecified atom stereocenters. The number of ketones is 2. The number of nitrogen functional groups attached to an aromatic ring is 1. The average molecular weight is 1680 g/mol. The largest absolute Gasteiger partial charge is 0.480 e. The number of allylic oxidation sites excluding steroid dienone is 1. The number of pyridine rings is 3. The Hall–Kier alpha value is -2.09. The highest BCUT2D eigenvalue weighted by Crippen LogP contribution is 2.26. The molecule has 3 aromatic rings. The number of likely N-dealkylation sites (tertiary alicyclic amines) is 2. The highest BCUT2D eigenvalue weighted by molar-refractivity contribution is 9.11. The van der Waals surface area contributed by atoms with Gasteiger partial charge in [-0.3, -0.25) is 24.3 Å². The van der Waals surface area contributed by atoms with E-state index in [1.807, 2.05) is 51.0 Å². The van der Waals surface area contributed by atoms with Crippen molar-refractivity contribution in [1.82, 2.24) is 39.9 Å². The molecule has 4 N–H and O–H groups in total. The van der Waals surface area contributed by atoms with Crippen LogP contribution in [0.5, 0.6) is 0 Å². The van der Waals surface area contributed by atoms with E-state index in [-0.39, 0.29) is 90.3 Å². The molecule has 0 aliphatic carbocycles. The molecule has 0 saturated carbocycles. The summed E-state index contributed by atoms with van der Waals surface area (Å²) in [6, 6.07) is 15.2. The molecule has 0 spiro atoms. The topological polar surface area (TPSA) is 214 Å². The summed E-state index contributed by atoms with van der Waals surface area (Å²) in [7, 11) is 7.11. The fourth-order valence-electron chi connectivity index (χ4n) is 7.98. The summed E-state index contributed by atoms with van der Waals surface area (Å²) in [6.45, 7) is 26.5. The van der Waals surface area contributed by atoms with Gasteiger partial charge in [-0.2, -0.15) is 13.5 Å². The Morgan fingerprint density at radius 1 is 0.714 bits per heavy atom. The van der Waals surface area contributed by atoms with Gasteiger partial charge in [0, 0.05) is 157 Å². The molecule has 34 heteroatoms. The summed E-state index contributed by atoms with van der Waals surface area (Å²) in [4.78, 5) is 77.6. The molecule has 6 rings (SSSR count). The molecule has 17 nitrogen and oxygen atoms in total. The van der Waals surface area contributed by atoms with Gasteiger partial charge in [-0.05, 0) is 179 Å². The number of hydrogen-bond donors (Lipinski definition) is 3. The molecule has 0 bridgehead atoms. The fourth-order valence-corrected chi connectivity index (χ4v) is 9.10. The number of carboxylic acids is 1. The number of carbonyl (C=O) groups excluding carboxylic acids is 4. The number of ether oxygens (including phenoxy) is 2. The van der Waals surface area contributed by atoms with Crippen molar-refractivity contribution in [1.29, 1.82) is 0 Å². The monoisotopic (exact) mass is 1680 g/mol. The van der Waals surface area contributed by atoms with E-state index in [9.17, 15) is 37.1 Å². The van der Waals surface area contributed by atoms with Crippen molar-refractivity contribution in [3.63, 3.8) is 0 Å². The van der Waals surface area contributed by atoms with Crippen molar-refractivity contribution in [3.05, 3.63) is 90.5 Å². The lowest BCUT2D eigenvalue weighted by molar-refractivity contribution is -0.142. The minimum absolute atomic E-state index is 0. The number of nitrogens with zero attached hydrogens (tertiary/aromatic N) is 7. The first-order valence-electron chi connectivity index (χ1n) is 27.2. The molecular weight excluding hydrogens is 1590 g/mol. The first-order chi connectivity index (χ1) is 41.3. The van der Waals surface area contributed by atoms with Gasteiger partial charge in [-0.25, -0.2) is 42.5 Å². The SMILES string of the molecule is C.CC(C)(C)OC(=O)N1C[C@H](F)C[C@H]1C(=O)Cc1cccc(Br)n1.CC(C)(C)OC(=O)N1C[C@H](F)C[C@H]1C(=O)O.CC(C)=C(Cl)N(C)C.CCN(C(C)C)C(C)C.Nc1cccc(Br)n1.O=C(Cc1cccc(Br)n1)[C@@H]1C[C@@H](F)CN1.S.S=S.S=S=S.S=S=S=S. The summed E-state index contributed by atoms with van der Waals surface area (Å²) in [5.74, 6) is -0.891. The number of Topliss-reactive ketones (excluding diaryl/α,β-unsaturated/α-hetero) is 2. The summed E-state index contributed by atoms with van der Waals surface area (Å²) in [5.41, 5.74) is 6.35. The van der Waals surface area contributed by atoms with Crippen LogP contribution in [-0.4, -0.2) is 170 Å². The zero-order valence-electron chi connectivity index (χ0n) is 53.0. The highest BCUT2D eigenvalue weighted by atomic mass is 79.9. The number of alkyl halides is 3. The Morgan fingerprint density at radius 3 is 1.35 bits per heavy atom. The van der Waals surface area contributed by atoms with Gasteiger partial charge < -0.3 is 30.5 Å². The molecule has 0 aromatic carbocycles. The number of amides is 2. The van der Waals surface area contributed by atoms with E-state index < -0.39 is 60.0 Å². The Morgan fingerprint density at radius 2 is 1.09 bits per heavy atom. The molecule has 91 heavy (non-hydrogen) atoms. The minimum Gasteiger partial charge on any atom is -0.480 e. The molecule has 3 aliphatic heterocycles. The van der Waals surface area contributed by atoms with Crippen molar-refractivity contribution in [3.8, 4) is 0 Å². The second-order valence-corrected chi connectivity index (χ2v) is 30.2. The van der Waals surface area contributed by atoms with Crippen LogP contribution in [0.25, 0.3) is 0 Å². The number of carboxylic acid groups (broad SMARTS) is 1. The molecule has 0 radical (unpaired) electrons. The zero-order valence-corrected chi connectivity index (χ0v) is 66.9. The Bertz CT molecular complexity index is 2770. The Balaban J connectivity index is -0.000000327. The molecule has 2 amide bonds. The van der Waals surface area contributed by atoms with E-state index >= 15 is 0 Å². The van der Waals surface area contributed by atoms with Crippen LogP contribution in [0.4, 0.5) is 28.6 Å². The van der Waals surface area contributed by atoms with Crippen molar-refractivity contribution in [2.45, 2.75) is 189 Å². The third kappa shape index (κ3) is 46.7. The minimum atomic E-state index is -1.30. The van der Waals surface area contributed by atoms with Crippen LogP contribution in [0.3, 0.4) is 0 Å². The summed E-state index contributed by atoms with van der Waals surface area (Å²) in [6.07, 6.45) is -4.42. The second kappa shape index (κ2) is 53.0. The van der Waals surface area contributed by atoms with E-state index in [0.717, 1.165) is 35.7 Å². The maximum absolute atomic E-state index is 13.8. The quantitative estimate of drug-likeness (QED) is 0.120. The average Bonchev–Trinajstić information content (AvgIpc) is 1.98. The molecule has 520 valence electrons. The lowest BCUT2D eigenvalue weighted by atomic mass is 10.0.